The second-order valence-electron chi connectivity index (χ2n) is 4.43. The molecule has 0 aliphatic heterocycles. The van der Waals surface area contributed by atoms with E-state index in [9.17, 15) is 4.79 Å². The summed E-state index contributed by atoms with van der Waals surface area (Å²) in [6, 6.07) is 5.24. The molecule has 1 aromatic heterocycles. The van der Waals surface area contributed by atoms with E-state index in [0.29, 0.717) is 6.42 Å². The lowest BCUT2D eigenvalue weighted by Crippen LogP contribution is -2.32. The van der Waals surface area contributed by atoms with Crippen molar-refractivity contribution in [1.82, 2.24) is 4.98 Å². The monoisotopic (exact) mass is 262 g/mol. The average Bonchev–Trinajstić information content (AvgIpc) is 2.68. The number of benzene rings is 1. The van der Waals surface area contributed by atoms with Crippen LogP contribution in [-0.4, -0.2) is 22.1 Å². The van der Waals surface area contributed by atoms with Crippen molar-refractivity contribution < 1.29 is 9.90 Å². The van der Waals surface area contributed by atoms with Gasteiger partial charge in [0, 0.05) is 23.0 Å². The Kier molecular flexibility index (Phi) is 5.12. The Balaban J connectivity index is 0.000000861. The van der Waals surface area contributed by atoms with Crippen LogP contribution >= 0.6 is 0 Å². The molecule has 0 saturated heterocycles. The molecule has 1 aromatic carbocycles. The number of carboxylic acid groups (broad SMARTS) is 1. The standard InChI is InChI=1S/C13H16N2O2.C2H6/c1-7-3-4-12-10(5-7)9(8(2)15-12)6-11(14)13(16)17;1-2/h3-5,11,15H,6,14H2,1-2H3,(H,16,17);1-2H3. The van der Waals surface area contributed by atoms with Gasteiger partial charge in [-0.25, -0.2) is 0 Å². The smallest absolute Gasteiger partial charge is 0.320 e. The van der Waals surface area contributed by atoms with Gasteiger partial charge in [0.1, 0.15) is 6.04 Å². The number of carbonyl (C=O) groups is 1. The summed E-state index contributed by atoms with van der Waals surface area (Å²) in [6.07, 6.45) is 0.352. The summed E-state index contributed by atoms with van der Waals surface area (Å²) in [5.74, 6) is -0.966. The van der Waals surface area contributed by atoms with Crippen LogP contribution < -0.4 is 5.73 Å². The SMILES string of the molecule is CC.Cc1ccc2[nH]c(C)c(CC(N)C(=O)O)c2c1. The van der Waals surface area contributed by atoms with Gasteiger partial charge in [-0.1, -0.05) is 25.5 Å². The van der Waals surface area contributed by atoms with Crippen LogP contribution in [0.5, 0.6) is 0 Å². The largest absolute Gasteiger partial charge is 0.480 e. The van der Waals surface area contributed by atoms with Crippen molar-refractivity contribution in [2.45, 2.75) is 40.2 Å². The van der Waals surface area contributed by atoms with Crippen molar-refractivity contribution in [1.29, 1.82) is 0 Å². The summed E-state index contributed by atoms with van der Waals surface area (Å²) >= 11 is 0. The maximum absolute atomic E-state index is 10.8. The maximum atomic E-state index is 10.8. The fourth-order valence-electron chi connectivity index (χ4n) is 2.07. The fraction of sp³-hybridized carbons (Fsp3) is 0.400. The van der Waals surface area contributed by atoms with E-state index >= 15 is 0 Å². The highest BCUT2D eigenvalue weighted by atomic mass is 16.4. The predicted octanol–water partition coefficient (Wildman–Crippen LogP) is 2.77. The van der Waals surface area contributed by atoms with E-state index in [4.69, 9.17) is 10.8 Å². The van der Waals surface area contributed by atoms with Gasteiger partial charge in [-0.05, 0) is 31.5 Å². The Hall–Kier alpha value is -1.81. The molecular weight excluding hydrogens is 240 g/mol. The number of carboxylic acids is 1. The van der Waals surface area contributed by atoms with Crippen LogP contribution in [0.2, 0.25) is 0 Å². The number of aromatic nitrogens is 1. The van der Waals surface area contributed by atoms with E-state index in [1.165, 1.54) is 0 Å². The molecule has 0 aliphatic rings. The summed E-state index contributed by atoms with van der Waals surface area (Å²) in [4.78, 5) is 14.1. The lowest BCUT2D eigenvalue weighted by atomic mass is 10.0. The second kappa shape index (κ2) is 6.38. The second-order valence-corrected chi connectivity index (χ2v) is 4.43. The first-order valence-corrected chi connectivity index (χ1v) is 6.55. The quantitative estimate of drug-likeness (QED) is 0.795. The van der Waals surface area contributed by atoms with Gasteiger partial charge < -0.3 is 15.8 Å². The third-order valence-corrected chi connectivity index (χ3v) is 3.02. The van der Waals surface area contributed by atoms with Crippen LogP contribution in [-0.2, 0) is 11.2 Å². The first-order chi connectivity index (χ1) is 8.99. The number of H-pyrrole nitrogens is 1. The number of hydrogen-bond donors (Lipinski definition) is 3. The van der Waals surface area contributed by atoms with Crippen molar-refractivity contribution in [3.8, 4) is 0 Å². The van der Waals surface area contributed by atoms with Gasteiger partial charge in [-0.3, -0.25) is 4.79 Å². The minimum Gasteiger partial charge on any atom is -0.480 e. The normalized spacial score (nSPS) is 11.8. The minimum absolute atomic E-state index is 0.352. The zero-order chi connectivity index (χ0) is 14.6. The van der Waals surface area contributed by atoms with Crippen molar-refractivity contribution >= 4 is 16.9 Å². The summed E-state index contributed by atoms with van der Waals surface area (Å²) in [5, 5.41) is 9.93. The Labute approximate surface area is 113 Å². The first-order valence-electron chi connectivity index (χ1n) is 6.55. The molecule has 2 aromatic rings. The summed E-state index contributed by atoms with van der Waals surface area (Å²) in [7, 11) is 0. The Morgan fingerprint density at radius 3 is 2.58 bits per heavy atom. The molecular formula is C15H22N2O2. The van der Waals surface area contributed by atoms with Crippen LogP contribution in [0.1, 0.15) is 30.7 Å². The van der Waals surface area contributed by atoms with Crippen molar-refractivity contribution in [2.24, 2.45) is 5.73 Å². The number of aryl methyl sites for hydroxylation is 2. The molecule has 19 heavy (non-hydrogen) atoms. The molecule has 2 rings (SSSR count). The zero-order valence-corrected chi connectivity index (χ0v) is 11.9. The number of nitrogens with two attached hydrogens (primary N) is 1. The molecule has 0 spiro atoms. The predicted molar refractivity (Wildman–Crippen MR) is 78.4 cm³/mol. The first kappa shape index (κ1) is 15.2. The number of fused-ring (bicyclic) bond motifs is 1. The van der Waals surface area contributed by atoms with Gasteiger partial charge in [0.2, 0.25) is 0 Å². The van der Waals surface area contributed by atoms with Crippen LogP contribution in [0.3, 0.4) is 0 Å². The molecule has 104 valence electrons. The molecule has 0 saturated carbocycles. The Morgan fingerprint density at radius 2 is 2.00 bits per heavy atom. The topological polar surface area (TPSA) is 79.1 Å². The number of aliphatic carboxylic acids is 1. The summed E-state index contributed by atoms with van der Waals surface area (Å²) < 4.78 is 0. The maximum Gasteiger partial charge on any atom is 0.320 e. The Bertz CT molecular complexity index is 573. The zero-order valence-electron chi connectivity index (χ0n) is 11.9. The molecule has 0 radical (unpaired) electrons. The highest BCUT2D eigenvalue weighted by molar-refractivity contribution is 5.86. The molecule has 1 atom stereocenters. The molecule has 4 N–H and O–H groups in total. The Morgan fingerprint density at radius 1 is 1.37 bits per heavy atom. The van der Waals surface area contributed by atoms with Crippen molar-refractivity contribution in [2.75, 3.05) is 0 Å². The van der Waals surface area contributed by atoms with Crippen molar-refractivity contribution in [3.05, 3.63) is 35.0 Å². The fourth-order valence-corrected chi connectivity index (χ4v) is 2.07. The summed E-state index contributed by atoms with van der Waals surface area (Å²) in [6.45, 7) is 7.96. The minimum atomic E-state index is -0.966. The van der Waals surface area contributed by atoms with Gasteiger partial charge in [0.15, 0.2) is 0 Å². The molecule has 0 amide bonds. The van der Waals surface area contributed by atoms with E-state index in [0.717, 1.165) is 27.7 Å². The van der Waals surface area contributed by atoms with Crippen LogP contribution in [0.15, 0.2) is 18.2 Å². The van der Waals surface area contributed by atoms with Gasteiger partial charge in [0.05, 0.1) is 0 Å². The number of rotatable bonds is 3. The molecule has 0 aliphatic carbocycles. The lowest BCUT2D eigenvalue weighted by molar-refractivity contribution is -0.138. The molecule has 1 unspecified atom stereocenters. The van der Waals surface area contributed by atoms with E-state index in [1.807, 2.05) is 39.8 Å². The van der Waals surface area contributed by atoms with Crippen molar-refractivity contribution in [3.63, 3.8) is 0 Å². The molecule has 4 heteroatoms. The van der Waals surface area contributed by atoms with Crippen LogP contribution in [0.4, 0.5) is 0 Å². The van der Waals surface area contributed by atoms with Gasteiger partial charge in [0.25, 0.3) is 0 Å². The van der Waals surface area contributed by atoms with Gasteiger partial charge >= 0.3 is 5.97 Å². The molecule has 0 fully saturated rings. The molecule has 0 bridgehead atoms. The van der Waals surface area contributed by atoms with E-state index in [1.54, 1.807) is 0 Å². The van der Waals surface area contributed by atoms with E-state index < -0.39 is 12.0 Å². The van der Waals surface area contributed by atoms with E-state index in [-0.39, 0.29) is 0 Å². The lowest BCUT2D eigenvalue weighted by Gasteiger charge is -2.06. The highest BCUT2D eigenvalue weighted by Gasteiger charge is 2.17. The number of aromatic amines is 1. The van der Waals surface area contributed by atoms with Crippen LogP contribution in [0.25, 0.3) is 10.9 Å². The summed E-state index contributed by atoms with van der Waals surface area (Å²) in [5.41, 5.74) is 9.76. The highest BCUT2D eigenvalue weighted by Crippen LogP contribution is 2.24. The third kappa shape index (κ3) is 3.35. The third-order valence-electron chi connectivity index (χ3n) is 3.02. The van der Waals surface area contributed by atoms with Gasteiger partial charge in [-0.15, -0.1) is 0 Å². The average molecular weight is 262 g/mol. The number of nitrogens with one attached hydrogen (secondary N) is 1. The van der Waals surface area contributed by atoms with E-state index in [2.05, 4.69) is 11.1 Å². The number of hydrogen-bond acceptors (Lipinski definition) is 2. The molecule has 1 heterocycles. The molecule has 4 nitrogen and oxygen atoms in total. The van der Waals surface area contributed by atoms with Crippen LogP contribution in [0, 0.1) is 13.8 Å². The van der Waals surface area contributed by atoms with Gasteiger partial charge in [-0.2, -0.15) is 0 Å².